The number of H-pyrrole nitrogens is 1. The lowest BCUT2D eigenvalue weighted by Crippen LogP contribution is -2.15. The van der Waals surface area contributed by atoms with Crippen LogP contribution in [0.25, 0.3) is 11.2 Å². The van der Waals surface area contributed by atoms with E-state index in [2.05, 4.69) is 15.0 Å². The molecule has 2 aromatic heterocycles. The molecular weight excluding hydrogens is 380 g/mol. The van der Waals surface area contributed by atoms with Crippen molar-refractivity contribution in [1.82, 2.24) is 19.5 Å². The Morgan fingerprint density at radius 3 is 3.15 bits per heavy atom. The van der Waals surface area contributed by atoms with E-state index in [-0.39, 0.29) is 43.3 Å². The van der Waals surface area contributed by atoms with Gasteiger partial charge in [-0.1, -0.05) is 12.1 Å². The van der Waals surface area contributed by atoms with Crippen LogP contribution >= 0.6 is 7.60 Å². The summed E-state index contributed by atoms with van der Waals surface area (Å²) < 4.78 is 43.8. The number of hydrogen-bond acceptors (Lipinski definition) is 8. The summed E-state index contributed by atoms with van der Waals surface area (Å²) in [7, 11) is -3.62. The Bertz CT molecular complexity index is 1110. The Hall–Kier alpha value is -2.75. The molecule has 0 spiro atoms. The zero-order valence-corrected chi connectivity index (χ0v) is 14.8. The maximum absolute atomic E-state index is 13.8. The number of para-hydroxylation sites is 1. The molecule has 10 nitrogen and oxygen atoms in total. The van der Waals surface area contributed by atoms with Crippen LogP contribution in [0.15, 0.2) is 29.3 Å². The van der Waals surface area contributed by atoms with Gasteiger partial charge in [-0.05, 0) is 6.07 Å². The van der Waals surface area contributed by atoms with Gasteiger partial charge in [-0.3, -0.25) is 14.3 Å². The molecule has 0 bridgehead atoms. The summed E-state index contributed by atoms with van der Waals surface area (Å²) in [5.74, 6) is -0.700. The zero-order valence-electron chi connectivity index (χ0n) is 13.9. The van der Waals surface area contributed by atoms with E-state index < -0.39 is 19.0 Å². The number of fused-ring (bicyclic) bond motifs is 2. The molecule has 1 aromatic carbocycles. The molecule has 12 heteroatoms. The molecule has 0 aliphatic carbocycles. The molecular formula is C15H15FN5O5P. The summed E-state index contributed by atoms with van der Waals surface area (Å²) in [6, 6.07) is 4.38. The normalized spacial score (nSPS) is 19.0. The lowest BCUT2D eigenvalue weighted by molar-refractivity contribution is 0.131. The van der Waals surface area contributed by atoms with Crippen molar-refractivity contribution in [3.8, 4) is 5.75 Å². The molecule has 0 amide bonds. The third kappa shape index (κ3) is 3.44. The third-order valence-electron chi connectivity index (χ3n) is 3.91. The van der Waals surface area contributed by atoms with Crippen molar-refractivity contribution in [2.75, 3.05) is 18.7 Å². The van der Waals surface area contributed by atoms with E-state index in [1.54, 1.807) is 10.6 Å². The lowest BCUT2D eigenvalue weighted by Gasteiger charge is -2.25. The summed E-state index contributed by atoms with van der Waals surface area (Å²) in [4.78, 5) is 22.1. The molecule has 3 aromatic rings. The molecule has 1 aliphatic heterocycles. The van der Waals surface area contributed by atoms with Crippen molar-refractivity contribution >= 4 is 24.7 Å². The SMILES string of the molecule is Nc1nc2c(ncn2CCOCP2(=O)OCc3cccc(F)c3O2)c(=O)[nH]1. The van der Waals surface area contributed by atoms with Crippen LogP contribution < -0.4 is 15.8 Å². The molecule has 0 saturated carbocycles. The first kappa shape index (κ1) is 17.7. The number of nitrogens with zero attached hydrogens (tertiary/aromatic N) is 3. The van der Waals surface area contributed by atoms with Crippen LogP contribution in [-0.4, -0.2) is 32.5 Å². The first-order valence-corrected chi connectivity index (χ1v) is 9.67. The average molecular weight is 395 g/mol. The van der Waals surface area contributed by atoms with Crippen LogP contribution in [-0.2, 0) is 27.0 Å². The van der Waals surface area contributed by atoms with E-state index in [0.717, 1.165) is 0 Å². The Morgan fingerprint density at radius 2 is 2.30 bits per heavy atom. The molecule has 0 saturated heterocycles. The van der Waals surface area contributed by atoms with Gasteiger partial charge in [0.05, 0.1) is 19.5 Å². The molecule has 1 unspecified atom stereocenters. The van der Waals surface area contributed by atoms with Crippen molar-refractivity contribution in [1.29, 1.82) is 0 Å². The number of rotatable bonds is 5. The van der Waals surface area contributed by atoms with E-state index in [4.69, 9.17) is 19.5 Å². The van der Waals surface area contributed by atoms with Crippen molar-refractivity contribution in [3.63, 3.8) is 0 Å². The molecule has 1 aliphatic rings. The summed E-state index contributed by atoms with van der Waals surface area (Å²) >= 11 is 0. The summed E-state index contributed by atoms with van der Waals surface area (Å²) in [5.41, 5.74) is 6.05. The van der Waals surface area contributed by atoms with Crippen molar-refractivity contribution in [3.05, 3.63) is 46.3 Å². The molecule has 0 fully saturated rings. The molecule has 4 rings (SSSR count). The summed E-state index contributed by atoms with van der Waals surface area (Å²) in [6.45, 7) is 0.365. The minimum absolute atomic E-state index is 0.0220. The first-order chi connectivity index (χ1) is 13.0. The Balaban J connectivity index is 1.39. The van der Waals surface area contributed by atoms with Gasteiger partial charge in [0.25, 0.3) is 5.56 Å². The van der Waals surface area contributed by atoms with Gasteiger partial charge in [0.15, 0.2) is 29.1 Å². The fraction of sp³-hybridized carbons (Fsp3) is 0.267. The number of benzene rings is 1. The quantitative estimate of drug-likeness (QED) is 0.492. The van der Waals surface area contributed by atoms with Gasteiger partial charge in [0, 0.05) is 12.1 Å². The number of hydrogen-bond donors (Lipinski definition) is 2. The highest BCUT2D eigenvalue weighted by Crippen LogP contribution is 2.54. The van der Waals surface area contributed by atoms with Gasteiger partial charge in [0.2, 0.25) is 5.95 Å². The maximum Gasteiger partial charge on any atom is 0.405 e. The predicted octanol–water partition coefficient (Wildman–Crippen LogP) is 1.62. The van der Waals surface area contributed by atoms with Crippen LogP contribution in [0.2, 0.25) is 0 Å². The minimum atomic E-state index is -3.62. The number of anilines is 1. The van der Waals surface area contributed by atoms with Gasteiger partial charge in [-0.25, -0.2) is 13.9 Å². The Morgan fingerprint density at radius 1 is 1.44 bits per heavy atom. The van der Waals surface area contributed by atoms with Gasteiger partial charge < -0.3 is 19.6 Å². The summed E-state index contributed by atoms with van der Waals surface area (Å²) in [5, 5.41) is 0. The van der Waals surface area contributed by atoms with Gasteiger partial charge >= 0.3 is 7.60 Å². The van der Waals surface area contributed by atoms with Crippen LogP contribution in [0.4, 0.5) is 10.3 Å². The largest absolute Gasteiger partial charge is 0.419 e. The molecule has 3 heterocycles. The number of aromatic nitrogens is 4. The summed E-state index contributed by atoms with van der Waals surface area (Å²) in [6.07, 6.45) is 1.08. The smallest absolute Gasteiger partial charge is 0.405 e. The Kier molecular flexibility index (Phi) is 4.42. The van der Waals surface area contributed by atoms with Gasteiger partial charge in [-0.15, -0.1) is 0 Å². The monoisotopic (exact) mass is 395 g/mol. The van der Waals surface area contributed by atoms with Crippen LogP contribution in [0.1, 0.15) is 5.56 Å². The van der Waals surface area contributed by atoms with Crippen molar-refractivity contribution < 1.29 is 22.7 Å². The molecule has 142 valence electrons. The van der Waals surface area contributed by atoms with E-state index in [9.17, 15) is 13.8 Å². The molecule has 0 radical (unpaired) electrons. The fourth-order valence-electron chi connectivity index (χ4n) is 2.64. The van der Waals surface area contributed by atoms with E-state index in [1.165, 1.54) is 18.5 Å². The van der Waals surface area contributed by atoms with Crippen molar-refractivity contribution in [2.24, 2.45) is 0 Å². The number of nitrogen functional groups attached to an aromatic ring is 1. The van der Waals surface area contributed by atoms with Gasteiger partial charge in [-0.2, -0.15) is 4.98 Å². The average Bonchev–Trinajstić information content (AvgIpc) is 3.03. The standard InChI is InChI=1S/C15H15FN5O5P/c16-10-3-1-2-9-6-25-27(23,26-12(9)10)8-24-5-4-21-7-18-11-13(21)19-15(17)20-14(11)22/h1-3,7H,4-6,8H2,(H3,17,19,20,22). The van der Waals surface area contributed by atoms with E-state index in [1.807, 2.05) is 0 Å². The number of halogens is 1. The topological polar surface area (TPSA) is 134 Å². The van der Waals surface area contributed by atoms with Gasteiger partial charge in [0.1, 0.15) is 0 Å². The lowest BCUT2D eigenvalue weighted by atomic mass is 10.2. The van der Waals surface area contributed by atoms with E-state index >= 15 is 0 Å². The number of imidazole rings is 1. The van der Waals surface area contributed by atoms with Crippen LogP contribution in [0, 0.1) is 5.82 Å². The molecule has 1 atom stereocenters. The first-order valence-electron chi connectivity index (χ1n) is 7.94. The van der Waals surface area contributed by atoms with Crippen LogP contribution in [0.5, 0.6) is 5.75 Å². The maximum atomic E-state index is 13.8. The second-order valence-electron chi connectivity index (χ2n) is 5.80. The fourth-order valence-corrected chi connectivity index (χ4v) is 3.99. The second kappa shape index (κ2) is 6.76. The number of nitrogens with one attached hydrogen (secondary N) is 1. The number of aromatic amines is 1. The van der Waals surface area contributed by atoms with Crippen molar-refractivity contribution in [2.45, 2.75) is 13.2 Å². The molecule has 3 N–H and O–H groups in total. The molecule has 27 heavy (non-hydrogen) atoms. The Labute approximate surface area is 151 Å². The number of ether oxygens (including phenoxy) is 1. The predicted molar refractivity (Wildman–Crippen MR) is 92.8 cm³/mol. The highest BCUT2D eigenvalue weighted by atomic mass is 31.2. The minimum Gasteiger partial charge on any atom is -0.419 e. The highest BCUT2D eigenvalue weighted by molar-refractivity contribution is 7.54. The van der Waals surface area contributed by atoms with E-state index in [0.29, 0.717) is 11.2 Å². The third-order valence-corrected chi connectivity index (χ3v) is 5.40. The van der Waals surface area contributed by atoms with Crippen LogP contribution in [0.3, 0.4) is 0 Å². The zero-order chi connectivity index (χ0) is 19.0. The number of nitrogens with two attached hydrogens (primary N) is 1. The highest BCUT2D eigenvalue weighted by Gasteiger charge is 2.34. The second-order valence-corrected chi connectivity index (χ2v) is 7.72.